The molecular formula is C24H14ClN7O4. The number of nitriles is 1. The molecular weight excluding hydrogens is 486 g/mol. The highest BCUT2D eigenvalue weighted by Gasteiger charge is 2.17. The van der Waals surface area contributed by atoms with E-state index in [1.54, 1.807) is 30.3 Å². The zero-order chi connectivity index (χ0) is 25.2. The number of aromatic amines is 2. The second-order valence-corrected chi connectivity index (χ2v) is 7.93. The van der Waals surface area contributed by atoms with E-state index in [1.807, 2.05) is 6.07 Å². The van der Waals surface area contributed by atoms with Gasteiger partial charge < -0.3 is 15.6 Å². The number of nitrogens with zero attached hydrogens (tertiary/aromatic N) is 3. The van der Waals surface area contributed by atoms with Gasteiger partial charge in [-0.05, 0) is 42.5 Å². The van der Waals surface area contributed by atoms with Gasteiger partial charge in [-0.1, -0.05) is 28.9 Å². The van der Waals surface area contributed by atoms with Gasteiger partial charge in [-0.25, -0.2) is 9.78 Å². The third-order valence-corrected chi connectivity index (χ3v) is 5.45. The first-order chi connectivity index (χ1) is 17.4. The van der Waals surface area contributed by atoms with E-state index in [1.165, 1.54) is 30.5 Å². The van der Waals surface area contributed by atoms with Crippen LogP contribution in [0.3, 0.4) is 0 Å². The van der Waals surface area contributed by atoms with Crippen LogP contribution in [0.2, 0.25) is 5.15 Å². The molecule has 0 saturated heterocycles. The smallest absolute Gasteiger partial charge is 0.349 e. The summed E-state index contributed by atoms with van der Waals surface area (Å²) in [6.45, 7) is 0. The minimum absolute atomic E-state index is 0.0609. The van der Waals surface area contributed by atoms with Gasteiger partial charge in [-0.3, -0.25) is 19.1 Å². The molecule has 0 atom stereocenters. The highest BCUT2D eigenvalue weighted by Crippen LogP contribution is 2.28. The number of H-pyrrole nitrogens is 2. The molecule has 176 valence electrons. The zero-order valence-electron chi connectivity index (χ0n) is 18.1. The number of pyridine rings is 1. The van der Waals surface area contributed by atoms with Crippen LogP contribution in [0.5, 0.6) is 0 Å². The van der Waals surface area contributed by atoms with E-state index in [9.17, 15) is 19.6 Å². The number of amides is 2. The number of anilines is 2. The molecule has 12 heteroatoms. The molecule has 0 fully saturated rings. The van der Waals surface area contributed by atoms with E-state index >= 15 is 0 Å². The van der Waals surface area contributed by atoms with Crippen molar-refractivity contribution in [3.63, 3.8) is 0 Å². The molecule has 5 aromatic rings. The fourth-order valence-corrected chi connectivity index (χ4v) is 3.65. The first-order valence-electron chi connectivity index (χ1n) is 10.4. The Balaban J connectivity index is 1.43. The lowest BCUT2D eigenvalue weighted by Crippen LogP contribution is -2.14. The van der Waals surface area contributed by atoms with Gasteiger partial charge in [0.15, 0.2) is 5.82 Å². The van der Waals surface area contributed by atoms with Crippen LogP contribution < -0.4 is 16.4 Å². The molecule has 5 rings (SSSR count). The van der Waals surface area contributed by atoms with Crippen molar-refractivity contribution >= 4 is 45.7 Å². The highest BCUT2D eigenvalue weighted by atomic mass is 35.5. The summed E-state index contributed by atoms with van der Waals surface area (Å²) in [4.78, 5) is 46.5. The van der Waals surface area contributed by atoms with Gasteiger partial charge in [0.25, 0.3) is 11.8 Å². The highest BCUT2D eigenvalue weighted by molar-refractivity contribution is 6.29. The average molecular weight is 500 g/mol. The van der Waals surface area contributed by atoms with E-state index < -0.39 is 17.6 Å². The van der Waals surface area contributed by atoms with Gasteiger partial charge in [0.1, 0.15) is 10.8 Å². The van der Waals surface area contributed by atoms with Crippen LogP contribution in [0.1, 0.15) is 26.4 Å². The summed E-state index contributed by atoms with van der Waals surface area (Å²) in [6, 6.07) is 16.4. The Bertz CT molecular complexity index is 1730. The SMILES string of the molecule is N#Cc1ccc(NC(=O)c2cc3cccc(NC(=O)c4ccc(Cl)nc4)c3[nH]2)c(-c2noc(=O)[nH]2)c1. The van der Waals surface area contributed by atoms with Gasteiger partial charge >= 0.3 is 5.76 Å². The molecule has 0 aliphatic heterocycles. The van der Waals surface area contributed by atoms with E-state index in [0.29, 0.717) is 39.0 Å². The molecule has 0 unspecified atom stereocenters. The molecule has 2 aromatic carbocycles. The first-order valence-corrected chi connectivity index (χ1v) is 10.8. The van der Waals surface area contributed by atoms with Crippen LogP contribution >= 0.6 is 11.6 Å². The van der Waals surface area contributed by atoms with E-state index in [4.69, 9.17) is 11.6 Å². The maximum Gasteiger partial charge on any atom is 0.439 e. The number of benzene rings is 2. The average Bonchev–Trinajstić information content (AvgIpc) is 3.52. The van der Waals surface area contributed by atoms with Gasteiger partial charge in [0, 0.05) is 17.1 Å². The monoisotopic (exact) mass is 499 g/mol. The molecule has 0 aliphatic carbocycles. The maximum absolute atomic E-state index is 13.1. The van der Waals surface area contributed by atoms with Crippen molar-refractivity contribution in [2.24, 2.45) is 0 Å². The lowest BCUT2D eigenvalue weighted by molar-refractivity contribution is 0.101. The Labute approximate surface area is 206 Å². The predicted octanol–water partition coefficient (Wildman–Crippen LogP) is 3.94. The molecule has 3 heterocycles. The van der Waals surface area contributed by atoms with E-state index in [2.05, 4.69) is 35.3 Å². The predicted molar refractivity (Wildman–Crippen MR) is 131 cm³/mol. The van der Waals surface area contributed by atoms with Crippen LogP contribution in [0.25, 0.3) is 22.3 Å². The number of para-hydroxylation sites is 1. The number of nitrogens with one attached hydrogen (secondary N) is 4. The van der Waals surface area contributed by atoms with Crippen LogP contribution in [-0.2, 0) is 0 Å². The molecule has 2 amide bonds. The van der Waals surface area contributed by atoms with Crippen molar-refractivity contribution < 1.29 is 14.1 Å². The molecule has 4 N–H and O–H groups in total. The van der Waals surface area contributed by atoms with Crippen molar-refractivity contribution in [3.8, 4) is 17.5 Å². The Hall–Kier alpha value is -5.21. The summed E-state index contributed by atoms with van der Waals surface area (Å²) < 4.78 is 4.55. The number of carbonyl (C=O) groups is 2. The summed E-state index contributed by atoms with van der Waals surface area (Å²) in [7, 11) is 0. The van der Waals surface area contributed by atoms with Crippen LogP contribution in [0.15, 0.2) is 70.1 Å². The summed E-state index contributed by atoms with van der Waals surface area (Å²) in [5, 5.41) is 19.4. The van der Waals surface area contributed by atoms with Gasteiger partial charge in [0.2, 0.25) is 0 Å². The topological polar surface area (TPSA) is 170 Å². The maximum atomic E-state index is 13.1. The minimum atomic E-state index is -0.774. The Morgan fingerprint density at radius 3 is 2.56 bits per heavy atom. The number of rotatable bonds is 5. The second-order valence-electron chi connectivity index (χ2n) is 7.55. The third-order valence-electron chi connectivity index (χ3n) is 5.23. The summed E-state index contributed by atoms with van der Waals surface area (Å²) in [5.74, 6) is -1.60. The van der Waals surface area contributed by atoms with Crippen molar-refractivity contribution in [3.05, 3.63) is 93.3 Å². The van der Waals surface area contributed by atoms with Crippen LogP contribution in [0.4, 0.5) is 11.4 Å². The number of hydrogen-bond acceptors (Lipinski definition) is 7. The number of hydrogen-bond donors (Lipinski definition) is 4. The Morgan fingerprint density at radius 1 is 1.00 bits per heavy atom. The standard InChI is InChI=1S/C24H14ClN7O4/c25-19-7-5-14(11-27-19)22(33)30-17-3-1-2-13-9-18(28-20(13)17)23(34)29-16-6-4-12(10-26)8-15(16)21-31-24(35)36-32-21/h1-9,11,28H,(H,29,34)(H,30,33)(H,31,32,35). The van der Waals surface area contributed by atoms with E-state index in [0.717, 1.165) is 0 Å². The van der Waals surface area contributed by atoms with Crippen molar-refractivity contribution in [2.45, 2.75) is 0 Å². The fourth-order valence-electron chi connectivity index (χ4n) is 3.54. The summed E-state index contributed by atoms with van der Waals surface area (Å²) >= 11 is 5.78. The van der Waals surface area contributed by atoms with Crippen molar-refractivity contribution in [1.82, 2.24) is 20.1 Å². The van der Waals surface area contributed by atoms with Gasteiger partial charge in [-0.15, -0.1) is 0 Å². The molecule has 0 bridgehead atoms. The Kier molecular flexibility index (Phi) is 5.77. The lowest BCUT2D eigenvalue weighted by atomic mass is 10.1. The zero-order valence-corrected chi connectivity index (χ0v) is 18.9. The number of fused-ring (bicyclic) bond motifs is 1. The first kappa shape index (κ1) is 22.6. The molecule has 0 saturated carbocycles. The quantitative estimate of drug-likeness (QED) is 0.265. The number of halogens is 1. The van der Waals surface area contributed by atoms with Crippen LogP contribution in [-0.4, -0.2) is 31.9 Å². The van der Waals surface area contributed by atoms with Crippen LogP contribution in [0, 0.1) is 11.3 Å². The summed E-state index contributed by atoms with van der Waals surface area (Å²) in [5.41, 5.74) is 2.43. The second kappa shape index (κ2) is 9.21. The molecule has 36 heavy (non-hydrogen) atoms. The minimum Gasteiger partial charge on any atom is -0.349 e. The molecule has 3 aromatic heterocycles. The lowest BCUT2D eigenvalue weighted by Gasteiger charge is -2.09. The molecule has 0 radical (unpaired) electrons. The molecule has 11 nitrogen and oxygen atoms in total. The van der Waals surface area contributed by atoms with Gasteiger partial charge in [0.05, 0.1) is 34.1 Å². The third kappa shape index (κ3) is 4.44. The molecule has 0 spiro atoms. The summed E-state index contributed by atoms with van der Waals surface area (Å²) in [6.07, 6.45) is 1.36. The Morgan fingerprint density at radius 2 is 1.83 bits per heavy atom. The molecule has 0 aliphatic rings. The van der Waals surface area contributed by atoms with E-state index in [-0.39, 0.29) is 16.7 Å². The van der Waals surface area contributed by atoms with Crippen molar-refractivity contribution in [2.75, 3.05) is 10.6 Å². The normalized spacial score (nSPS) is 10.7. The van der Waals surface area contributed by atoms with Crippen molar-refractivity contribution in [1.29, 1.82) is 5.26 Å². The number of carbonyl (C=O) groups excluding carboxylic acids is 2. The van der Waals surface area contributed by atoms with Gasteiger partial charge in [-0.2, -0.15) is 5.26 Å². The largest absolute Gasteiger partial charge is 0.439 e. The number of aromatic nitrogens is 4. The fraction of sp³-hybridized carbons (Fsp3) is 0.